The van der Waals surface area contributed by atoms with Gasteiger partial charge in [0.25, 0.3) is 0 Å². The molecule has 0 spiro atoms. The van der Waals surface area contributed by atoms with Gasteiger partial charge in [0, 0.05) is 6.54 Å². The van der Waals surface area contributed by atoms with Crippen LogP contribution in [0.25, 0.3) is 11.0 Å². The largest absolute Gasteiger partial charge is 0.417 e. The number of anilines is 1. The molecule has 0 aliphatic carbocycles. The molecular weight excluding hydrogens is 407 g/mol. The summed E-state index contributed by atoms with van der Waals surface area (Å²) in [5.74, 6) is -0.233. The van der Waals surface area contributed by atoms with E-state index in [-0.39, 0.29) is 34.0 Å². The number of sulfonamides is 1. The van der Waals surface area contributed by atoms with Crippen molar-refractivity contribution in [1.29, 1.82) is 0 Å². The molecule has 1 aliphatic rings. The van der Waals surface area contributed by atoms with Crippen molar-refractivity contribution in [3.05, 3.63) is 47.7 Å². The van der Waals surface area contributed by atoms with Crippen LogP contribution in [0.3, 0.4) is 0 Å². The first kappa shape index (κ1) is 19.6. The van der Waals surface area contributed by atoms with E-state index in [1.165, 1.54) is 16.4 Å². The zero-order valence-electron chi connectivity index (χ0n) is 15.1. The number of hydrogen-bond acceptors (Lipinski definition) is 5. The van der Waals surface area contributed by atoms with E-state index in [0.29, 0.717) is 19.3 Å². The average Bonchev–Trinajstić information content (AvgIpc) is 3.08. The topological polar surface area (TPSA) is 105 Å². The number of rotatable bonds is 3. The van der Waals surface area contributed by atoms with Gasteiger partial charge in [-0.15, -0.1) is 0 Å². The molecule has 29 heavy (non-hydrogen) atoms. The van der Waals surface area contributed by atoms with Crippen molar-refractivity contribution in [1.82, 2.24) is 19.5 Å². The summed E-state index contributed by atoms with van der Waals surface area (Å²) in [6, 6.07) is 7.89. The van der Waals surface area contributed by atoms with Crippen LogP contribution in [-0.2, 0) is 16.2 Å². The van der Waals surface area contributed by atoms with Crippen molar-refractivity contribution in [3.63, 3.8) is 0 Å². The number of alkyl halides is 3. The fourth-order valence-corrected chi connectivity index (χ4v) is 5.37. The Balaban J connectivity index is 1.85. The van der Waals surface area contributed by atoms with Gasteiger partial charge >= 0.3 is 6.18 Å². The molecule has 3 aromatic rings. The molecular formula is C18H18F3N5O2S. The Labute approximate surface area is 164 Å². The monoisotopic (exact) mass is 425 g/mol. The summed E-state index contributed by atoms with van der Waals surface area (Å²) in [4.78, 5) is 4.31. The third kappa shape index (κ3) is 3.44. The summed E-state index contributed by atoms with van der Waals surface area (Å²) >= 11 is 0. The Hall–Kier alpha value is -2.66. The van der Waals surface area contributed by atoms with E-state index in [4.69, 9.17) is 5.73 Å². The lowest BCUT2D eigenvalue weighted by molar-refractivity contribution is -0.136. The standard InChI is InChI=1S/C18H18F3N5O2S/c19-18(20,21)12-10-13(23-17-15(12)16(22)24-25-17)14-8-4-5-9-26(14)29(27,28)11-6-2-1-3-7-11/h1-3,6-7,10,14H,4-5,8-9H2,(H3,22,23,24,25)/t14-/m1/s1. The van der Waals surface area contributed by atoms with Crippen molar-refractivity contribution >= 4 is 26.9 Å². The molecule has 154 valence electrons. The SMILES string of the molecule is Nc1[nH]nc2nc([C@H]3CCCCN3S(=O)(=O)c3ccccc3)cc(C(F)(F)F)c12. The van der Waals surface area contributed by atoms with Gasteiger partial charge < -0.3 is 5.73 Å². The van der Waals surface area contributed by atoms with Crippen molar-refractivity contribution in [2.24, 2.45) is 0 Å². The van der Waals surface area contributed by atoms with E-state index in [9.17, 15) is 21.6 Å². The van der Waals surface area contributed by atoms with Gasteiger partial charge in [0.15, 0.2) is 5.65 Å². The van der Waals surface area contributed by atoms with E-state index >= 15 is 0 Å². The van der Waals surface area contributed by atoms with Crippen LogP contribution in [0.5, 0.6) is 0 Å². The number of pyridine rings is 1. The molecule has 1 atom stereocenters. The van der Waals surface area contributed by atoms with Crippen molar-refractivity contribution in [2.75, 3.05) is 12.3 Å². The normalized spacial score (nSPS) is 18.9. The fourth-order valence-electron chi connectivity index (χ4n) is 3.68. The van der Waals surface area contributed by atoms with Gasteiger partial charge in [0.2, 0.25) is 10.0 Å². The minimum Gasteiger partial charge on any atom is -0.383 e. The first-order chi connectivity index (χ1) is 13.7. The van der Waals surface area contributed by atoms with Crippen LogP contribution in [0.4, 0.5) is 19.0 Å². The highest BCUT2D eigenvalue weighted by atomic mass is 32.2. The first-order valence-electron chi connectivity index (χ1n) is 8.98. The lowest BCUT2D eigenvalue weighted by atomic mass is 9.99. The number of nitrogens with one attached hydrogen (secondary N) is 1. The number of halogens is 3. The summed E-state index contributed by atoms with van der Waals surface area (Å²) < 4.78 is 68.5. The Morgan fingerprint density at radius 2 is 1.90 bits per heavy atom. The van der Waals surface area contributed by atoms with E-state index < -0.39 is 27.8 Å². The number of hydrogen-bond donors (Lipinski definition) is 2. The highest BCUT2D eigenvalue weighted by molar-refractivity contribution is 7.89. The highest BCUT2D eigenvalue weighted by Gasteiger charge is 2.39. The molecule has 4 rings (SSSR count). The molecule has 0 radical (unpaired) electrons. The summed E-state index contributed by atoms with van der Waals surface area (Å²) in [5.41, 5.74) is 4.45. The Morgan fingerprint density at radius 3 is 2.59 bits per heavy atom. The number of fused-ring (bicyclic) bond motifs is 1. The summed E-state index contributed by atoms with van der Waals surface area (Å²) in [6.45, 7) is 0.200. The number of aromatic nitrogens is 3. The molecule has 3 N–H and O–H groups in total. The molecule has 0 saturated carbocycles. The molecule has 3 heterocycles. The molecule has 0 amide bonds. The molecule has 1 fully saturated rings. The van der Waals surface area contributed by atoms with Gasteiger partial charge in [-0.05, 0) is 31.0 Å². The zero-order valence-corrected chi connectivity index (χ0v) is 16.0. The number of nitrogen functional groups attached to an aromatic ring is 1. The first-order valence-corrected chi connectivity index (χ1v) is 10.4. The molecule has 11 heteroatoms. The molecule has 1 aromatic carbocycles. The maximum Gasteiger partial charge on any atom is 0.417 e. The highest BCUT2D eigenvalue weighted by Crippen LogP contribution is 2.40. The smallest absolute Gasteiger partial charge is 0.383 e. The second-order valence-electron chi connectivity index (χ2n) is 6.87. The van der Waals surface area contributed by atoms with E-state index in [0.717, 1.165) is 6.07 Å². The molecule has 7 nitrogen and oxygen atoms in total. The van der Waals surface area contributed by atoms with Crippen molar-refractivity contribution < 1.29 is 21.6 Å². The van der Waals surface area contributed by atoms with Crippen LogP contribution in [-0.4, -0.2) is 34.4 Å². The van der Waals surface area contributed by atoms with Crippen LogP contribution in [0, 0.1) is 0 Å². The quantitative estimate of drug-likeness (QED) is 0.669. The number of nitrogens with two attached hydrogens (primary N) is 1. The van der Waals surface area contributed by atoms with Gasteiger partial charge in [-0.3, -0.25) is 5.10 Å². The minimum absolute atomic E-state index is 0.00975. The Kier molecular flexibility index (Phi) is 4.74. The van der Waals surface area contributed by atoms with E-state index in [1.807, 2.05) is 0 Å². The second kappa shape index (κ2) is 6.99. The van der Waals surface area contributed by atoms with Gasteiger partial charge in [-0.25, -0.2) is 13.4 Å². The minimum atomic E-state index is -4.69. The number of piperidine rings is 1. The predicted octanol–water partition coefficient (Wildman–Crippen LogP) is 3.47. The van der Waals surface area contributed by atoms with Crippen LogP contribution >= 0.6 is 0 Å². The molecule has 1 aliphatic heterocycles. The summed E-state index contributed by atoms with van der Waals surface area (Å²) in [5, 5.41) is 5.77. The molecule has 1 saturated heterocycles. The molecule has 2 aromatic heterocycles. The van der Waals surface area contributed by atoms with Gasteiger partial charge in [0.1, 0.15) is 5.82 Å². The lowest BCUT2D eigenvalue weighted by Gasteiger charge is -2.34. The van der Waals surface area contributed by atoms with Crippen molar-refractivity contribution in [2.45, 2.75) is 36.4 Å². The number of aromatic amines is 1. The maximum atomic E-state index is 13.7. The van der Waals surface area contributed by atoms with Gasteiger partial charge in [-0.1, -0.05) is 24.6 Å². The second-order valence-corrected chi connectivity index (χ2v) is 8.76. The molecule has 0 bridgehead atoms. The zero-order chi connectivity index (χ0) is 20.8. The van der Waals surface area contributed by atoms with E-state index in [1.54, 1.807) is 18.2 Å². The molecule has 0 unspecified atom stereocenters. The van der Waals surface area contributed by atoms with Crippen LogP contribution < -0.4 is 5.73 Å². The number of benzene rings is 1. The van der Waals surface area contributed by atoms with Crippen molar-refractivity contribution in [3.8, 4) is 0 Å². The van der Waals surface area contributed by atoms with Gasteiger partial charge in [-0.2, -0.15) is 22.6 Å². The average molecular weight is 425 g/mol. The van der Waals surface area contributed by atoms with Crippen LogP contribution in [0.15, 0.2) is 41.3 Å². The fraction of sp³-hybridized carbons (Fsp3) is 0.333. The van der Waals surface area contributed by atoms with E-state index in [2.05, 4.69) is 15.2 Å². The summed E-state index contributed by atoms with van der Waals surface area (Å²) in [7, 11) is -3.90. The maximum absolute atomic E-state index is 13.7. The third-order valence-electron chi connectivity index (χ3n) is 5.02. The number of nitrogens with zero attached hydrogens (tertiary/aromatic N) is 3. The number of H-pyrrole nitrogens is 1. The third-order valence-corrected chi connectivity index (χ3v) is 6.94. The Bertz CT molecular complexity index is 1150. The summed E-state index contributed by atoms with van der Waals surface area (Å²) in [6.07, 6.45) is -3.03. The Morgan fingerprint density at radius 1 is 1.17 bits per heavy atom. The van der Waals surface area contributed by atoms with Crippen LogP contribution in [0.1, 0.15) is 36.6 Å². The van der Waals surface area contributed by atoms with Gasteiger partial charge in [0.05, 0.1) is 27.6 Å². The predicted molar refractivity (Wildman–Crippen MR) is 100 cm³/mol. The lowest BCUT2D eigenvalue weighted by Crippen LogP contribution is -2.39. The van der Waals surface area contributed by atoms with Crippen LogP contribution in [0.2, 0.25) is 0 Å².